The summed E-state index contributed by atoms with van der Waals surface area (Å²) in [6, 6.07) is 0. The fourth-order valence-corrected chi connectivity index (χ4v) is 2.16. The molecule has 1 saturated heterocycles. The van der Waals surface area contributed by atoms with Crippen molar-refractivity contribution in [3.63, 3.8) is 0 Å². The Morgan fingerprint density at radius 3 is 2.39 bits per heavy atom. The predicted octanol–water partition coefficient (Wildman–Crippen LogP) is 1.10. The van der Waals surface area contributed by atoms with Crippen molar-refractivity contribution in [1.29, 1.82) is 0 Å². The first-order valence-corrected chi connectivity index (χ1v) is 8.41. The molecule has 1 heterocycles. The summed E-state index contributed by atoms with van der Waals surface area (Å²) < 4.78 is 5.40. The molecule has 0 aromatic heterocycles. The molecule has 1 amide bonds. The fourth-order valence-electron chi connectivity index (χ4n) is 2.16. The van der Waals surface area contributed by atoms with Crippen molar-refractivity contribution in [2.45, 2.75) is 40.2 Å². The number of piperazine rings is 1. The summed E-state index contributed by atoms with van der Waals surface area (Å²) in [7, 11) is 0. The Morgan fingerprint density at radius 2 is 1.87 bits per heavy atom. The number of carbonyl (C=O) groups excluding carboxylic acids is 1. The second-order valence-electron chi connectivity index (χ2n) is 7.36. The van der Waals surface area contributed by atoms with Gasteiger partial charge in [-0.2, -0.15) is 0 Å². The molecule has 0 saturated carbocycles. The third-order valence-electron chi connectivity index (χ3n) is 3.38. The first-order valence-electron chi connectivity index (χ1n) is 8.41. The molecule has 3 N–H and O–H groups in total. The molecule has 0 radical (unpaired) electrons. The lowest BCUT2D eigenvalue weighted by Crippen LogP contribution is -2.51. The van der Waals surface area contributed by atoms with E-state index in [0.29, 0.717) is 25.0 Å². The van der Waals surface area contributed by atoms with E-state index in [2.05, 4.69) is 29.1 Å². The van der Waals surface area contributed by atoms with Crippen LogP contribution in [0.5, 0.6) is 0 Å². The van der Waals surface area contributed by atoms with Crippen LogP contribution in [0, 0.1) is 5.92 Å². The topological polar surface area (TPSA) is 83.2 Å². The van der Waals surface area contributed by atoms with Crippen molar-refractivity contribution < 1.29 is 9.53 Å². The maximum absolute atomic E-state index is 12.0. The zero-order valence-electron chi connectivity index (χ0n) is 15.3. The number of amides is 1. The minimum Gasteiger partial charge on any atom is -0.444 e. The second kappa shape index (κ2) is 8.96. The monoisotopic (exact) mass is 327 g/mol. The number of rotatable bonds is 5. The van der Waals surface area contributed by atoms with Gasteiger partial charge in [-0.3, -0.25) is 9.89 Å². The van der Waals surface area contributed by atoms with Gasteiger partial charge in [0, 0.05) is 45.8 Å². The number of aliphatic imine (C=N–C) groups is 1. The smallest absolute Gasteiger partial charge is 0.410 e. The van der Waals surface area contributed by atoms with Crippen LogP contribution in [0.3, 0.4) is 0 Å². The van der Waals surface area contributed by atoms with E-state index in [1.807, 2.05) is 20.8 Å². The summed E-state index contributed by atoms with van der Waals surface area (Å²) in [5, 5.41) is 3.13. The molecule has 134 valence electrons. The molecule has 1 aliphatic rings. The normalized spacial score (nSPS) is 17.5. The Balaban J connectivity index is 2.22. The van der Waals surface area contributed by atoms with Gasteiger partial charge in [-0.1, -0.05) is 13.8 Å². The van der Waals surface area contributed by atoms with Gasteiger partial charge < -0.3 is 20.7 Å². The molecule has 0 aliphatic carbocycles. The van der Waals surface area contributed by atoms with Crippen LogP contribution in [-0.2, 0) is 4.74 Å². The van der Waals surface area contributed by atoms with Crippen molar-refractivity contribution in [2.24, 2.45) is 16.6 Å². The lowest BCUT2D eigenvalue weighted by atomic mass is 10.2. The number of nitrogens with zero attached hydrogens (tertiary/aromatic N) is 3. The Kier molecular flexibility index (Phi) is 7.61. The first kappa shape index (κ1) is 19.5. The second-order valence-corrected chi connectivity index (χ2v) is 7.36. The lowest BCUT2D eigenvalue weighted by Gasteiger charge is -2.35. The van der Waals surface area contributed by atoms with E-state index in [4.69, 9.17) is 10.5 Å². The maximum atomic E-state index is 12.0. The molecular weight excluding hydrogens is 294 g/mol. The summed E-state index contributed by atoms with van der Waals surface area (Å²) in [5.41, 5.74) is 5.37. The van der Waals surface area contributed by atoms with Gasteiger partial charge in [0.15, 0.2) is 5.96 Å². The van der Waals surface area contributed by atoms with Gasteiger partial charge in [-0.25, -0.2) is 4.79 Å². The molecule has 0 aromatic rings. The maximum Gasteiger partial charge on any atom is 0.410 e. The zero-order valence-corrected chi connectivity index (χ0v) is 15.3. The van der Waals surface area contributed by atoms with E-state index in [1.165, 1.54) is 0 Å². The van der Waals surface area contributed by atoms with Crippen LogP contribution in [0.2, 0.25) is 0 Å². The van der Waals surface area contributed by atoms with Crippen molar-refractivity contribution in [2.75, 3.05) is 45.8 Å². The van der Waals surface area contributed by atoms with Crippen LogP contribution < -0.4 is 11.1 Å². The number of nitrogens with two attached hydrogens (primary N) is 1. The van der Waals surface area contributed by atoms with Gasteiger partial charge in [0.1, 0.15) is 5.60 Å². The molecule has 1 aliphatic heterocycles. The average molecular weight is 327 g/mol. The van der Waals surface area contributed by atoms with Gasteiger partial charge >= 0.3 is 6.09 Å². The summed E-state index contributed by atoms with van der Waals surface area (Å²) in [6.45, 7) is 15.4. The SMILES string of the molecule is CC(C)CN=C(N)NCCN1CCN(C(=O)OC(C)(C)C)CC1. The molecule has 0 aromatic carbocycles. The van der Waals surface area contributed by atoms with Gasteiger partial charge in [-0.15, -0.1) is 0 Å². The number of ether oxygens (including phenoxy) is 1. The zero-order chi connectivity index (χ0) is 17.5. The average Bonchev–Trinajstić information content (AvgIpc) is 2.44. The van der Waals surface area contributed by atoms with E-state index >= 15 is 0 Å². The highest BCUT2D eigenvalue weighted by atomic mass is 16.6. The van der Waals surface area contributed by atoms with Crippen LogP contribution >= 0.6 is 0 Å². The third kappa shape index (κ3) is 8.64. The van der Waals surface area contributed by atoms with E-state index in [0.717, 1.165) is 32.7 Å². The van der Waals surface area contributed by atoms with E-state index in [-0.39, 0.29) is 6.09 Å². The van der Waals surface area contributed by atoms with Gasteiger partial charge in [-0.05, 0) is 26.7 Å². The van der Waals surface area contributed by atoms with Crippen LogP contribution in [0.4, 0.5) is 4.79 Å². The molecular formula is C16H33N5O2. The van der Waals surface area contributed by atoms with Crippen molar-refractivity contribution in [1.82, 2.24) is 15.1 Å². The Bertz CT molecular complexity index is 396. The quantitative estimate of drug-likeness (QED) is 0.583. The summed E-state index contributed by atoms with van der Waals surface area (Å²) in [4.78, 5) is 20.3. The number of hydrogen-bond acceptors (Lipinski definition) is 4. The highest BCUT2D eigenvalue weighted by molar-refractivity contribution is 5.77. The summed E-state index contributed by atoms with van der Waals surface area (Å²) >= 11 is 0. The molecule has 0 spiro atoms. The Labute approximate surface area is 140 Å². The molecule has 0 atom stereocenters. The lowest BCUT2D eigenvalue weighted by molar-refractivity contribution is 0.0147. The summed E-state index contributed by atoms with van der Waals surface area (Å²) in [6.07, 6.45) is -0.222. The molecule has 7 heteroatoms. The molecule has 0 unspecified atom stereocenters. The fraction of sp³-hybridized carbons (Fsp3) is 0.875. The number of guanidine groups is 1. The largest absolute Gasteiger partial charge is 0.444 e. The van der Waals surface area contributed by atoms with Crippen LogP contribution in [0.15, 0.2) is 4.99 Å². The third-order valence-corrected chi connectivity index (χ3v) is 3.38. The predicted molar refractivity (Wildman–Crippen MR) is 93.6 cm³/mol. The van der Waals surface area contributed by atoms with E-state index in [9.17, 15) is 4.79 Å². The van der Waals surface area contributed by atoms with Gasteiger partial charge in [0.05, 0.1) is 0 Å². The van der Waals surface area contributed by atoms with E-state index in [1.54, 1.807) is 4.90 Å². The molecule has 7 nitrogen and oxygen atoms in total. The minimum absolute atomic E-state index is 0.222. The van der Waals surface area contributed by atoms with Crippen LogP contribution in [0.25, 0.3) is 0 Å². The molecule has 1 fully saturated rings. The molecule has 0 bridgehead atoms. The highest BCUT2D eigenvalue weighted by Crippen LogP contribution is 2.11. The standard InChI is InChI=1S/C16H33N5O2/c1-13(2)12-19-14(17)18-6-7-20-8-10-21(11-9-20)15(22)23-16(3,4)5/h13H,6-12H2,1-5H3,(H3,17,18,19). The van der Waals surface area contributed by atoms with Crippen LogP contribution in [0.1, 0.15) is 34.6 Å². The van der Waals surface area contributed by atoms with E-state index < -0.39 is 5.60 Å². The van der Waals surface area contributed by atoms with Crippen molar-refractivity contribution in [3.05, 3.63) is 0 Å². The van der Waals surface area contributed by atoms with Crippen LogP contribution in [-0.4, -0.2) is 73.3 Å². The Hall–Kier alpha value is -1.50. The van der Waals surface area contributed by atoms with Gasteiger partial charge in [0.25, 0.3) is 0 Å². The minimum atomic E-state index is -0.439. The number of nitrogens with one attached hydrogen (secondary N) is 1. The highest BCUT2D eigenvalue weighted by Gasteiger charge is 2.25. The molecule has 23 heavy (non-hydrogen) atoms. The first-order chi connectivity index (χ1) is 10.7. The Morgan fingerprint density at radius 1 is 1.26 bits per heavy atom. The molecule has 1 rings (SSSR count). The number of hydrogen-bond donors (Lipinski definition) is 2. The van der Waals surface area contributed by atoms with Gasteiger partial charge in [0.2, 0.25) is 0 Å². The van der Waals surface area contributed by atoms with Crippen molar-refractivity contribution in [3.8, 4) is 0 Å². The number of carbonyl (C=O) groups is 1. The summed E-state index contributed by atoms with van der Waals surface area (Å²) in [5.74, 6) is 1.02. The van der Waals surface area contributed by atoms with Crippen molar-refractivity contribution >= 4 is 12.1 Å².